The number of anilines is 1. The number of aryl methyl sites for hydroxylation is 1. The van der Waals surface area contributed by atoms with E-state index < -0.39 is 0 Å². The fraction of sp³-hybridized carbons (Fsp3) is 0.286. The van der Waals surface area contributed by atoms with E-state index in [4.69, 9.17) is 15.2 Å². The van der Waals surface area contributed by atoms with Crippen molar-refractivity contribution >= 4 is 28.4 Å². The van der Waals surface area contributed by atoms with Gasteiger partial charge in [0.25, 0.3) is 0 Å². The molecule has 6 heteroatoms. The van der Waals surface area contributed by atoms with Gasteiger partial charge in [0.1, 0.15) is 19.0 Å². The van der Waals surface area contributed by atoms with Crippen LogP contribution in [-0.4, -0.2) is 23.2 Å². The molecule has 104 valence electrons. The Hall–Kier alpha value is -1.57. The predicted octanol–water partition coefficient (Wildman–Crippen LogP) is 2.66. The average molecular weight is 383 g/mol. The van der Waals surface area contributed by atoms with Crippen LogP contribution >= 0.6 is 22.6 Å². The van der Waals surface area contributed by atoms with Crippen LogP contribution in [0.2, 0.25) is 0 Å². The van der Waals surface area contributed by atoms with Gasteiger partial charge in [-0.25, -0.2) is 9.97 Å². The minimum atomic E-state index is 0.516. The second kappa shape index (κ2) is 5.43. The summed E-state index contributed by atoms with van der Waals surface area (Å²) in [5.41, 5.74) is 7.80. The molecule has 0 bridgehead atoms. The smallest absolute Gasteiger partial charge is 0.162 e. The van der Waals surface area contributed by atoms with Crippen molar-refractivity contribution in [3.63, 3.8) is 0 Å². The maximum Gasteiger partial charge on any atom is 0.162 e. The van der Waals surface area contributed by atoms with E-state index in [9.17, 15) is 0 Å². The lowest BCUT2D eigenvalue weighted by Gasteiger charge is -2.18. The summed E-state index contributed by atoms with van der Waals surface area (Å²) in [4.78, 5) is 8.94. The molecule has 0 spiro atoms. The highest BCUT2D eigenvalue weighted by Gasteiger charge is 2.15. The number of rotatable bonds is 2. The fourth-order valence-corrected chi connectivity index (χ4v) is 2.68. The monoisotopic (exact) mass is 383 g/mol. The van der Waals surface area contributed by atoms with Gasteiger partial charge in [0, 0.05) is 5.56 Å². The number of halogens is 1. The normalized spacial score (nSPS) is 13.3. The molecule has 5 nitrogen and oxygen atoms in total. The molecule has 3 rings (SSSR count). The maximum atomic E-state index is 5.96. The zero-order chi connectivity index (χ0) is 14.1. The minimum absolute atomic E-state index is 0.516. The maximum absolute atomic E-state index is 5.96. The first-order chi connectivity index (χ1) is 9.69. The summed E-state index contributed by atoms with van der Waals surface area (Å²) in [6.07, 6.45) is 0.822. The molecule has 20 heavy (non-hydrogen) atoms. The van der Waals surface area contributed by atoms with Crippen molar-refractivity contribution < 1.29 is 9.47 Å². The summed E-state index contributed by atoms with van der Waals surface area (Å²) in [6.45, 7) is 3.20. The molecule has 0 atom stereocenters. The van der Waals surface area contributed by atoms with Crippen LogP contribution in [0.25, 0.3) is 11.4 Å². The van der Waals surface area contributed by atoms with Crippen LogP contribution in [0, 0.1) is 3.57 Å². The van der Waals surface area contributed by atoms with Crippen molar-refractivity contribution in [2.45, 2.75) is 13.3 Å². The lowest BCUT2D eigenvalue weighted by Crippen LogP contribution is -2.15. The summed E-state index contributed by atoms with van der Waals surface area (Å²) >= 11 is 2.18. The number of nitrogens with two attached hydrogens (primary N) is 1. The number of aromatic nitrogens is 2. The minimum Gasteiger partial charge on any atom is -0.486 e. The van der Waals surface area contributed by atoms with Gasteiger partial charge in [-0.05, 0) is 47.2 Å². The number of ether oxygens (including phenoxy) is 2. The Morgan fingerprint density at radius 1 is 1.20 bits per heavy atom. The predicted molar refractivity (Wildman–Crippen MR) is 85.0 cm³/mol. The molecule has 2 aromatic rings. The molecule has 1 aromatic heterocycles. The van der Waals surface area contributed by atoms with E-state index in [1.807, 2.05) is 18.2 Å². The molecule has 2 N–H and O–H groups in total. The van der Waals surface area contributed by atoms with Crippen LogP contribution in [0.15, 0.2) is 18.2 Å². The number of hydrogen-bond donors (Lipinski definition) is 1. The second-order valence-electron chi connectivity index (χ2n) is 4.41. The molecule has 1 aliphatic heterocycles. The molecule has 0 saturated carbocycles. The van der Waals surface area contributed by atoms with Gasteiger partial charge in [-0.15, -0.1) is 0 Å². The van der Waals surface area contributed by atoms with E-state index in [-0.39, 0.29) is 0 Å². The first kappa shape index (κ1) is 13.4. The molecule has 2 heterocycles. The van der Waals surface area contributed by atoms with Gasteiger partial charge in [0.2, 0.25) is 0 Å². The zero-order valence-corrected chi connectivity index (χ0v) is 13.2. The number of nitrogen functional groups attached to an aromatic ring is 1. The molecule has 0 saturated heterocycles. The molecule has 0 aliphatic carbocycles. The number of benzene rings is 1. The summed E-state index contributed by atoms with van der Waals surface area (Å²) in [5, 5.41) is 0. The van der Waals surface area contributed by atoms with E-state index in [1.54, 1.807) is 0 Å². The number of fused-ring (bicyclic) bond motifs is 1. The van der Waals surface area contributed by atoms with Gasteiger partial charge in [-0.2, -0.15) is 0 Å². The first-order valence-electron chi connectivity index (χ1n) is 6.41. The van der Waals surface area contributed by atoms with Gasteiger partial charge in [-0.3, -0.25) is 0 Å². The summed E-state index contributed by atoms with van der Waals surface area (Å²) in [6, 6.07) is 5.71. The Morgan fingerprint density at radius 3 is 2.70 bits per heavy atom. The van der Waals surface area contributed by atoms with Crippen molar-refractivity contribution in [3.8, 4) is 22.9 Å². The van der Waals surface area contributed by atoms with Gasteiger partial charge in [0.05, 0.1) is 9.26 Å². The van der Waals surface area contributed by atoms with Crippen molar-refractivity contribution in [2.24, 2.45) is 0 Å². The highest BCUT2D eigenvalue weighted by molar-refractivity contribution is 14.1. The van der Waals surface area contributed by atoms with E-state index in [2.05, 4.69) is 39.5 Å². The van der Waals surface area contributed by atoms with Crippen LogP contribution in [0.1, 0.15) is 12.6 Å². The number of nitrogens with zero attached hydrogens (tertiary/aromatic N) is 2. The zero-order valence-electron chi connectivity index (χ0n) is 11.0. The third kappa shape index (κ3) is 2.39. The van der Waals surface area contributed by atoms with Crippen LogP contribution in [0.4, 0.5) is 5.82 Å². The molecule has 0 unspecified atom stereocenters. The van der Waals surface area contributed by atoms with Crippen molar-refractivity contribution in [1.82, 2.24) is 9.97 Å². The summed E-state index contributed by atoms with van der Waals surface area (Å²) in [5.74, 6) is 2.63. The van der Waals surface area contributed by atoms with Crippen molar-refractivity contribution in [3.05, 3.63) is 27.5 Å². The van der Waals surface area contributed by atoms with Crippen LogP contribution in [0.3, 0.4) is 0 Å². The molecular formula is C14H14IN3O2. The number of hydrogen-bond acceptors (Lipinski definition) is 5. The van der Waals surface area contributed by atoms with Crippen LogP contribution in [0.5, 0.6) is 11.5 Å². The van der Waals surface area contributed by atoms with Crippen molar-refractivity contribution in [2.75, 3.05) is 18.9 Å². The van der Waals surface area contributed by atoms with E-state index in [0.717, 1.165) is 32.7 Å². The molecule has 0 amide bonds. The van der Waals surface area contributed by atoms with Crippen LogP contribution in [-0.2, 0) is 6.42 Å². The largest absolute Gasteiger partial charge is 0.486 e. The quantitative estimate of drug-likeness (QED) is 0.808. The van der Waals surface area contributed by atoms with Crippen molar-refractivity contribution in [1.29, 1.82) is 0 Å². The highest BCUT2D eigenvalue weighted by atomic mass is 127. The Morgan fingerprint density at radius 2 is 1.95 bits per heavy atom. The second-order valence-corrected chi connectivity index (χ2v) is 5.48. The lowest BCUT2D eigenvalue weighted by atomic mass is 10.1. The van der Waals surface area contributed by atoms with Crippen LogP contribution < -0.4 is 15.2 Å². The topological polar surface area (TPSA) is 70.3 Å². The van der Waals surface area contributed by atoms with E-state index in [0.29, 0.717) is 24.9 Å². The standard InChI is InChI=1S/C14H14IN3O2/c1-2-9-12(15)13(16)18-14(17-9)8-3-4-10-11(7-8)20-6-5-19-10/h3-4,7H,2,5-6H2,1H3,(H2,16,17,18). The molecule has 0 radical (unpaired) electrons. The first-order valence-corrected chi connectivity index (χ1v) is 7.49. The Bertz CT molecular complexity index is 661. The highest BCUT2D eigenvalue weighted by Crippen LogP contribution is 2.34. The molecule has 1 aliphatic rings. The Labute approximate surface area is 130 Å². The SMILES string of the molecule is CCc1nc(-c2ccc3c(c2)OCCO3)nc(N)c1I. The Balaban J connectivity index is 2.07. The van der Waals surface area contributed by atoms with E-state index >= 15 is 0 Å². The summed E-state index contributed by atoms with van der Waals surface area (Å²) < 4.78 is 12.0. The lowest BCUT2D eigenvalue weighted by molar-refractivity contribution is 0.171. The average Bonchev–Trinajstić information content (AvgIpc) is 2.49. The molecule has 1 aromatic carbocycles. The third-order valence-corrected chi connectivity index (χ3v) is 4.26. The molecule has 0 fully saturated rings. The third-order valence-electron chi connectivity index (χ3n) is 3.08. The molecular weight excluding hydrogens is 369 g/mol. The van der Waals surface area contributed by atoms with Gasteiger partial charge < -0.3 is 15.2 Å². The van der Waals surface area contributed by atoms with Gasteiger partial charge in [0.15, 0.2) is 17.3 Å². The summed E-state index contributed by atoms with van der Waals surface area (Å²) in [7, 11) is 0. The Kier molecular flexibility index (Phi) is 3.64. The van der Waals surface area contributed by atoms with Gasteiger partial charge >= 0.3 is 0 Å². The fourth-order valence-electron chi connectivity index (χ4n) is 2.06. The van der Waals surface area contributed by atoms with Gasteiger partial charge in [-0.1, -0.05) is 6.92 Å². The van der Waals surface area contributed by atoms with E-state index in [1.165, 1.54) is 0 Å².